The molecule has 5 rings (SSSR count). The van der Waals surface area contributed by atoms with Crippen LogP contribution in [-0.4, -0.2) is 90.3 Å². The lowest BCUT2D eigenvalue weighted by molar-refractivity contribution is -0.274. The number of nitrogens with two attached hydrogens (primary N) is 1. The third kappa shape index (κ3) is 4.63. The Kier molecular flexibility index (Phi) is 7.36. The van der Waals surface area contributed by atoms with Crippen molar-refractivity contribution in [1.82, 2.24) is 4.90 Å². The van der Waals surface area contributed by atoms with E-state index in [0.29, 0.717) is 11.3 Å². The number of carbonyl (C=O) groups excluding carboxylic acids is 5. The van der Waals surface area contributed by atoms with E-state index in [0.717, 1.165) is 12.1 Å². The summed E-state index contributed by atoms with van der Waals surface area (Å²) in [6.45, 7) is 0. The summed E-state index contributed by atoms with van der Waals surface area (Å²) < 4.78 is 41.9. The van der Waals surface area contributed by atoms with E-state index in [1.807, 2.05) is 0 Å². The third-order valence-electron chi connectivity index (χ3n) is 8.92. The van der Waals surface area contributed by atoms with Gasteiger partial charge >= 0.3 is 6.36 Å². The van der Waals surface area contributed by atoms with Gasteiger partial charge in [0.1, 0.15) is 11.5 Å². The van der Waals surface area contributed by atoms with Crippen LogP contribution in [0.5, 0.6) is 11.5 Å². The maximum Gasteiger partial charge on any atom is 0.573 e. The Bertz CT molecular complexity index is 1600. The molecule has 0 spiro atoms. The van der Waals surface area contributed by atoms with Crippen molar-refractivity contribution in [1.29, 1.82) is 0 Å². The normalized spacial score (nSPS) is 28.3. The number of benzene rings is 2. The summed E-state index contributed by atoms with van der Waals surface area (Å²) >= 11 is 0. The molecular formula is C30H30F3N3O8. The van der Waals surface area contributed by atoms with Gasteiger partial charge in [-0.3, -0.25) is 28.9 Å². The zero-order valence-electron chi connectivity index (χ0n) is 24.1. The first-order valence-corrected chi connectivity index (χ1v) is 13.7. The number of phenols is 1. The second-order valence-corrected chi connectivity index (χ2v) is 11.9. The zero-order chi connectivity index (χ0) is 32.6. The van der Waals surface area contributed by atoms with Gasteiger partial charge in [0.15, 0.2) is 34.7 Å². The quantitative estimate of drug-likeness (QED) is 0.419. The monoisotopic (exact) mass is 617 g/mol. The Morgan fingerprint density at radius 3 is 2.18 bits per heavy atom. The van der Waals surface area contributed by atoms with Crippen LogP contribution in [0.15, 0.2) is 30.3 Å². The highest BCUT2D eigenvalue weighted by molar-refractivity contribution is 6.32. The molecule has 3 aliphatic rings. The van der Waals surface area contributed by atoms with Crippen molar-refractivity contribution >= 4 is 34.7 Å². The summed E-state index contributed by atoms with van der Waals surface area (Å²) in [4.78, 5) is 70.1. The number of fused-ring (bicyclic) bond motifs is 3. The molecule has 14 heteroatoms. The molecule has 2 aromatic carbocycles. The van der Waals surface area contributed by atoms with Crippen molar-refractivity contribution in [2.24, 2.45) is 29.4 Å². The Labute approximate surface area is 249 Å². The van der Waals surface area contributed by atoms with E-state index in [2.05, 4.69) is 4.74 Å². The van der Waals surface area contributed by atoms with Gasteiger partial charge < -0.3 is 25.6 Å². The SMILES string of the molecule is CN(C)c1cc(-c2ccc(OC(F)(F)F)cc2)c(O)c2c1C[C@@H]1C[C@@H]3C(N(C)C)C(=O)C(C(N)=O)C(=O)[C@]3(O)C(=O)C1C2=O. The van der Waals surface area contributed by atoms with Crippen molar-refractivity contribution in [2.45, 2.75) is 30.8 Å². The van der Waals surface area contributed by atoms with Crippen LogP contribution in [0.2, 0.25) is 0 Å². The lowest BCUT2D eigenvalue weighted by Crippen LogP contribution is -2.74. The minimum atomic E-state index is -4.91. The van der Waals surface area contributed by atoms with Crippen molar-refractivity contribution < 1.29 is 52.1 Å². The van der Waals surface area contributed by atoms with E-state index in [1.54, 1.807) is 25.1 Å². The van der Waals surface area contributed by atoms with Crippen LogP contribution in [0, 0.1) is 23.7 Å². The molecule has 0 saturated heterocycles. The van der Waals surface area contributed by atoms with Crippen molar-refractivity contribution in [2.75, 3.05) is 33.1 Å². The Morgan fingerprint density at radius 1 is 1.05 bits per heavy atom. The zero-order valence-corrected chi connectivity index (χ0v) is 24.1. The molecule has 0 aliphatic heterocycles. The van der Waals surface area contributed by atoms with Gasteiger partial charge in [0.25, 0.3) is 0 Å². The summed E-state index contributed by atoms with van der Waals surface area (Å²) in [5.41, 5.74) is 3.46. The van der Waals surface area contributed by atoms with Gasteiger partial charge in [-0.2, -0.15) is 0 Å². The van der Waals surface area contributed by atoms with E-state index in [1.165, 1.54) is 31.1 Å². The molecule has 44 heavy (non-hydrogen) atoms. The standard InChI is InChI=1S/C30H30F3N3O8/c1-35(2)18-11-15(12-5-7-14(8-6-12)44-30(31,32)33)23(37)20-16(18)9-13-10-17-22(36(3)4)25(39)21(28(34)42)27(41)29(17,43)26(40)19(13)24(20)38/h5-8,11,13,17,19,21-22,37,43H,9-10H2,1-4H3,(H2,34,42)/t13-,17-,19?,21?,22?,29-/m1/s1. The molecule has 2 aromatic rings. The largest absolute Gasteiger partial charge is 0.573 e. The minimum Gasteiger partial charge on any atom is -0.507 e. The summed E-state index contributed by atoms with van der Waals surface area (Å²) in [6.07, 6.45) is -4.95. The molecule has 0 radical (unpaired) electrons. The van der Waals surface area contributed by atoms with Crippen LogP contribution in [0.4, 0.5) is 18.9 Å². The van der Waals surface area contributed by atoms with Crippen LogP contribution >= 0.6 is 0 Å². The Balaban J connectivity index is 1.63. The number of ketones is 4. The number of phenolic OH excluding ortho intramolecular Hbond substituents is 1. The number of rotatable bonds is 5. The molecule has 3 unspecified atom stereocenters. The number of likely N-dealkylation sites (N-methyl/N-ethyl adjacent to an activating group) is 1. The second kappa shape index (κ2) is 10.4. The van der Waals surface area contributed by atoms with E-state index in [9.17, 15) is 47.4 Å². The maximum atomic E-state index is 14.1. The van der Waals surface area contributed by atoms with Crippen LogP contribution in [0.1, 0.15) is 22.3 Å². The van der Waals surface area contributed by atoms with E-state index >= 15 is 0 Å². The van der Waals surface area contributed by atoms with Crippen LogP contribution in [0.3, 0.4) is 0 Å². The number of Topliss-reactive ketones (excluding diaryl/α,β-unsaturated/α-hetero) is 4. The summed E-state index contributed by atoms with van der Waals surface area (Å²) in [5.74, 6) is -12.3. The number of primary amides is 1. The van der Waals surface area contributed by atoms with Gasteiger partial charge in [0.2, 0.25) is 5.91 Å². The topological polar surface area (TPSA) is 168 Å². The molecule has 11 nitrogen and oxygen atoms in total. The molecule has 0 heterocycles. The van der Waals surface area contributed by atoms with Gasteiger partial charge in [-0.25, -0.2) is 0 Å². The number of carbonyl (C=O) groups is 5. The van der Waals surface area contributed by atoms with Crippen molar-refractivity contribution in [3.63, 3.8) is 0 Å². The summed E-state index contributed by atoms with van der Waals surface area (Å²) in [7, 11) is 6.37. The molecular weight excluding hydrogens is 587 g/mol. The minimum absolute atomic E-state index is 0.0611. The number of ether oxygens (including phenoxy) is 1. The van der Waals surface area contributed by atoms with Gasteiger partial charge in [0.05, 0.1) is 17.5 Å². The molecule has 4 N–H and O–H groups in total. The van der Waals surface area contributed by atoms with Crippen LogP contribution in [-0.2, 0) is 25.6 Å². The molecule has 2 fully saturated rings. The summed E-state index contributed by atoms with van der Waals surface area (Å²) in [6, 6.07) is 4.96. The number of aromatic hydroxyl groups is 1. The molecule has 1 amide bonds. The lowest BCUT2D eigenvalue weighted by atomic mass is 9.52. The maximum absolute atomic E-state index is 14.1. The second-order valence-electron chi connectivity index (χ2n) is 11.9. The number of alkyl halides is 3. The fourth-order valence-electron chi connectivity index (χ4n) is 7.11. The highest BCUT2D eigenvalue weighted by atomic mass is 19.4. The molecule has 6 atom stereocenters. The molecule has 234 valence electrons. The van der Waals surface area contributed by atoms with Gasteiger partial charge in [-0.1, -0.05) is 12.1 Å². The van der Waals surface area contributed by atoms with E-state index < -0.39 is 82.2 Å². The number of amides is 1. The van der Waals surface area contributed by atoms with E-state index in [-0.39, 0.29) is 29.5 Å². The predicted molar refractivity (Wildman–Crippen MR) is 148 cm³/mol. The first-order valence-electron chi connectivity index (χ1n) is 13.7. The molecule has 2 saturated carbocycles. The fraction of sp³-hybridized carbons (Fsp3) is 0.433. The fourth-order valence-corrected chi connectivity index (χ4v) is 7.11. The molecule has 0 aromatic heterocycles. The van der Waals surface area contributed by atoms with Crippen molar-refractivity contribution in [3.05, 3.63) is 41.5 Å². The van der Waals surface area contributed by atoms with Gasteiger partial charge in [-0.15, -0.1) is 13.2 Å². The highest BCUT2D eigenvalue weighted by Gasteiger charge is 2.69. The number of hydrogen-bond donors (Lipinski definition) is 3. The first-order chi connectivity index (χ1) is 20.4. The van der Waals surface area contributed by atoms with Crippen molar-refractivity contribution in [3.8, 4) is 22.6 Å². The number of nitrogens with zero attached hydrogens (tertiary/aromatic N) is 2. The molecule has 3 aliphatic carbocycles. The summed E-state index contributed by atoms with van der Waals surface area (Å²) in [5, 5.41) is 23.1. The highest BCUT2D eigenvalue weighted by Crippen LogP contribution is 2.53. The third-order valence-corrected chi connectivity index (χ3v) is 8.92. The smallest absolute Gasteiger partial charge is 0.507 e. The first kappa shape index (κ1) is 31.1. The number of anilines is 1. The average molecular weight is 618 g/mol. The number of halogens is 3. The Hall–Kier alpha value is -4.30. The van der Waals surface area contributed by atoms with Gasteiger partial charge in [0, 0.05) is 31.3 Å². The number of hydrogen-bond acceptors (Lipinski definition) is 10. The van der Waals surface area contributed by atoms with E-state index in [4.69, 9.17) is 5.73 Å². The lowest BCUT2D eigenvalue weighted by Gasteiger charge is -2.52. The van der Waals surface area contributed by atoms with Gasteiger partial charge in [-0.05, 0) is 62.2 Å². The molecule has 0 bridgehead atoms. The average Bonchev–Trinajstić information content (AvgIpc) is 2.90. The van der Waals surface area contributed by atoms with Crippen LogP contribution in [0.25, 0.3) is 11.1 Å². The Morgan fingerprint density at radius 2 is 1.66 bits per heavy atom. The predicted octanol–water partition coefficient (Wildman–Crippen LogP) is 1.50. The van der Waals surface area contributed by atoms with Crippen LogP contribution < -0.4 is 15.4 Å². The number of aliphatic hydroxyl groups is 1.